The van der Waals surface area contributed by atoms with Crippen molar-refractivity contribution < 1.29 is 5.11 Å². The van der Waals surface area contributed by atoms with Crippen LogP contribution in [0.1, 0.15) is 37.7 Å². The third kappa shape index (κ3) is 1.75. The molecule has 3 heteroatoms. The van der Waals surface area contributed by atoms with Crippen molar-refractivity contribution in [3.63, 3.8) is 0 Å². The fourth-order valence-electron chi connectivity index (χ4n) is 1.56. The number of rotatable bonds is 1. The first-order valence-electron chi connectivity index (χ1n) is 4.54. The molecular formula is C10H18N2O. The van der Waals surface area contributed by atoms with Gasteiger partial charge in [-0.2, -0.15) is 5.10 Å². The minimum atomic E-state index is -0.0116. The summed E-state index contributed by atoms with van der Waals surface area (Å²) in [6, 6.07) is 0. The van der Waals surface area contributed by atoms with Gasteiger partial charge in [0.05, 0.1) is 17.8 Å². The topological polar surface area (TPSA) is 38.0 Å². The number of nitrogens with zero attached hydrogens (tertiary/aromatic N) is 2. The highest BCUT2D eigenvalue weighted by molar-refractivity contribution is 5.24. The standard InChI is InChI=1S/C10H18N2O/c1-7-9(6-13)8(2)12(11-7)10(3,4)5/h13H,6H2,1-5H3. The summed E-state index contributed by atoms with van der Waals surface area (Å²) in [7, 11) is 0. The van der Waals surface area contributed by atoms with Gasteiger partial charge in [0.2, 0.25) is 0 Å². The molecule has 0 saturated carbocycles. The third-order valence-corrected chi connectivity index (χ3v) is 2.23. The van der Waals surface area contributed by atoms with Gasteiger partial charge in [-0.3, -0.25) is 4.68 Å². The van der Waals surface area contributed by atoms with Crippen molar-refractivity contribution in [3.05, 3.63) is 17.0 Å². The zero-order valence-corrected chi connectivity index (χ0v) is 9.05. The Hall–Kier alpha value is -0.830. The molecule has 3 nitrogen and oxygen atoms in total. The lowest BCUT2D eigenvalue weighted by molar-refractivity contribution is 0.279. The molecule has 0 bridgehead atoms. The van der Waals surface area contributed by atoms with Crippen LogP contribution in [0, 0.1) is 13.8 Å². The summed E-state index contributed by atoms with van der Waals surface area (Å²) in [5, 5.41) is 13.5. The molecule has 1 aromatic heterocycles. The molecule has 1 N–H and O–H groups in total. The average molecular weight is 182 g/mol. The Labute approximate surface area is 79.4 Å². The summed E-state index contributed by atoms with van der Waals surface area (Å²) in [5.41, 5.74) is 2.93. The third-order valence-electron chi connectivity index (χ3n) is 2.23. The van der Waals surface area contributed by atoms with Gasteiger partial charge in [-0.1, -0.05) is 0 Å². The highest BCUT2D eigenvalue weighted by atomic mass is 16.3. The molecule has 74 valence electrons. The first kappa shape index (κ1) is 10.3. The van der Waals surface area contributed by atoms with Crippen LogP contribution in [0.15, 0.2) is 0 Å². The van der Waals surface area contributed by atoms with Crippen LogP contribution in [0.4, 0.5) is 0 Å². The van der Waals surface area contributed by atoms with Crippen molar-refractivity contribution in [2.24, 2.45) is 0 Å². The zero-order valence-electron chi connectivity index (χ0n) is 9.05. The van der Waals surface area contributed by atoms with E-state index in [0.717, 1.165) is 17.0 Å². The maximum Gasteiger partial charge on any atom is 0.0718 e. The van der Waals surface area contributed by atoms with Gasteiger partial charge in [-0.15, -0.1) is 0 Å². The molecule has 13 heavy (non-hydrogen) atoms. The monoisotopic (exact) mass is 182 g/mol. The Morgan fingerprint density at radius 2 is 1.85 bits per heavy atom. The van der Waals surface area contributed by atoms with Crippen LogP contribution in [0.3, 0.4) is 0 Å². The molecule has 0 aromatic carbocycles. The number of aliphatic hydroxyl groups excluding tert-OH is 1. The molecule has 1 rings (SSSR count). The van der Waals surface area contributed by atoms with Crippen molar-refractivity contribution in [2.45, 2.75) is 46.8 Å². The highest BCUT2D eigenvalue weighted by Crippen LogP contribution is 2.20. The lowest BCUT2D eigenvalue weighted by Gasteiger charge is -2.21. The van der Waals surface area contributed by atoms with Crippen molar-refractivity contribution in [1.29, 1.82) is 0 Å². The van der Waals surface area contributed by atoms with Crippen LogP contribution in [0.25, 0.3) is 0 Å². The Balaban J connectivity index is 3.26. The van der Waals surface area contributed by atoms with Gasteiger partial charge in [-0.25, -0.2) is 0 Å². The van der Waals surface area contributed by atoms with E-state index in [2.05, 4.69) is 25.9 Å². The van der Waals surface area contributed by atoms with E-state index in [1.165, 1.54) is 0 Å². The number of aliphatic hydroxyl groups is 1. The van der Waals surface area contributed by atoms with E-state index in [0.29, 0.717) is 0 Å². The molecule has 1 aromatic rings. The second kappa shape index (κ2) is 3.14. The van der Waals surface area contributed by atoms with Gasteiger partial charge >= 0.3 is 0 Å². The number of hydrogen-bond donors (Lipinski definition) is 1. The minimum Gasteiger partial charge on any atom is -0.392 e. The van der Waals surface area contributed by atoms with E-state index in [4.69, 9.17) is 5.11 Å². The maximum atomic E-state index is 9.12. The van der Waals surface area contributed by atoms with Gasteiger partial charge < -0.3 is 5.11 Å². The van der Waals surface area contributed by atoms with Crippen molar-refractivity contribution in [1.82, 2.24) is 9.78 Å². The molecule has 0 spiro atoms. The number of aryl methyl sites for hydroxylation is 1. The van der Waals surface area contributed by atoms with Crippen LogP contribution < -0.4 is 0 Å². The number of aromatic nitrogens is 2. The molecule has 0 aliphatic rings. The highest BCUT2D eigenvalue weighted by Gasteiger charge is 2.19. The fraction of sp³-hybridized carbons (Fsp3) is 0.700. The molecule has 0 saturated heterocycles. The molecule has 0 amide bonds. The van der Waals surface area contributed by atoms with E-state index < -0.39 is 0 Å². The Bertz CT molecular complexity index is 307. The predicted molar refractivity (Wildman–Crippen MR) is 52.6 cm³/mol. The average Bonchev–Trinajstić information content (AvgIpc) is 2.25. The molecule has 0 atom stereocenters. The van der Waals surface area contributed by atoms with Crippen LogP contribution in [-0.2, 0) is 12.1 Å². The molecule has 0 aliphatic heterocycles. The lowest BCUT2D eigenvalue weighted by atomic mass is 10.1. The van der Waals surface area contributed by atoms with Crippen LogP contribution in [0.5, 0.6) is 0 Å². The first-order chi connectivity index (χ1) is 5.88. The zero-order chi connectivity index (χ0) is 10.2. The van der Waals surface area contributed by atoms with Crippen LogP contribution in [0.2, 0.25) is 0 Å². The van der Waals surface area contributed by atoms with Gasteiger partial charge in [0.15, 0.2) is 0 Å². The van der Waals surface area contributed by atoms with E-state index in [1.54, 1.807) is 0 Å². The van der Waals surface area contributed by atoms with Crippen molar-refractivity contribution in [2.75, 3.05) is 0 Å². The van der Waals surface area contributed by atoms with Crippen molar-refractivity contribution in [3.8, 4) is 0 Å². The summed E-state index contributed by atoms with van der Waals surface area (Å²) < 4.78 is 1.97. The van der Waals surface area contributed by atoms with Crippen molar-refractivity contribution >= 4 is 0 Å². The molecule has 1 heterocycles. The van der Waals surface area contributed by atoms with Gasteiger partial charge in [-0.05, 0) is 34.6 Å². The van der Waals surface area contributed by atoms with Crippen LogP contribution in [-0.4, -0.2) is 14.9 Å². The second-order valence-electron chi connectivity index (χ2n) is 4.39. The van der Waals surface area contributed by atoms with E-state index in [1.807, 2.05) is 18.5 Å². The lowest BCUT2D eigenvalue weighted by Crippen LogP contribution is -2.24. The molecule has 0 fully saturated rings. The van der Waals surface area contributed by atoms with Crippen LogP contribution >= 0.6 is 0 Å². The summed E-state index contributed by atoms with van der Waals surface area (Å²) in [6.45, 7) is 10.3. The summed E-state index contributed by atoms with van der Waals surface area (Å²) in [4.78, 5) is 0. The predicted octanol–water partition coefficient (Wildman–Crippen LogP) is 1.75. The molecule has 0 radical (unpaired) electrons. The van der Waals surface area contributed by atoms with E-state index >= 15 is 0 Å². The first-order valence-corrected chi connectivity index (χ1v) is 4.54. The van der Waals surface area contributed by atoms with Gasteiger partial charge in [0.1, 0.15) is 0 Å². The summed E-state index contributed by atoms with van der Waals surface area (Å²) in [5.74, 6) is 0. The van der Waals surface area contributed by atoms with E-state index in [-0.39, 0.29) is 12.1 Å². The minimum absolute atomic E-state index is 0.0116. The maximum absolute atomic E-state index is 9.12. The largest absolute Gasteiger partial charge is 0.392 e. The number of hydrogen-bond acceptors (Lipinski definition) is 2. The van der Waals surface area contributed by atoms with Gasteiger partial charge in [0.25, 0.3) is 0 Å². The van der Waals surface area contributed by atoms with Gasteiger partial charge in [0, 0.05) is 11.3 Å². The Morgan fingerprint density at radius 3 is 2.08 bits per heavy atom. The summed E-state index contributed by atoms with van der Waals surface area (Å²) in [6.07, 6.45) is 0. The smallest absolute Gasteiger partial charge is 0.0718 e. The Morgan fingerprint density at radius 1 is 1.31 bits per heavy atom. The quantitative estimate of drug-likeness (QED) is 0.718. The molecular weight excluding hydrogens is 164 g/mol. The normalized spacial score (nSPS) is 12.2. The molecule has 0 aliphatic carbocycles. The van der Waals surface area contributed by atoms with E-state index in [9.17, 15) is 0 Å². The molecule has 0 unspecified atom stereocenters. The second-order valence-corrected chi connectivity index (χ2v) is 4.39. The fourth-order valence-corrected chi connectivity index (χ4v) is 1.56. The Kier molecular flexibility index (Phi) is 2.48. The summed E-state index contributed by atoms with van der Waals surface area (Å²) >= 11 is 0. The SMILES string of the molecule is Cc1nn(C(C)(C)C)c(C)c1CO.